The van der Waals surface area contributed by atoms with Crippen molar-refractivity contribution in [2.45, 2.75) is 64.5 Å². The van der Waals surface area contributed by atoms with Crippen molar-refractivity contribution in [3.63, 3.8) is 0 Å². The van der Waals surface area contributed by atoms with Gasteiger partial charge in [-0.1, -0.05) is 6.92 Å². The molecule has 3 amide bonds. The molecule has 17 heavy (non-hydrogen) atoms. The number of carbonyl (C=O) groups is 2. The maximum absolute atomic E-state index is 12.5. The van der Waals surface area contributed by atoms with Gasteiger partial charge in [0.15, 0.2) is 0 Å². The van der Waals surface area contributed by atoms with Crippen LogP contribution in [0.25, 0.3) is 0 Å². The molecule has 2 rings (SSSR count). The first-order chi connectivity index (χ1) is 7.76. The summed E-state index contributed by atoms with van der Waals surface area (Å²) in [6.07, 6.45) is 3.60. The van der Waals surface area contributed by atoms with E-state index >= 15 is 0 Å². The van der Waals surface area contributed by atoms with Crippen LogP contribution in [0.15, 0.2) is 0 Å². The first-order valence-electron chi connectivity index (χ1n) is 6.43. The molecule has 0 atom stereocenters. The third-order valence-corrected chi connectivity index (χ3v) is 3.96. The Balaban J connectivity index is 2.24. The molecule has 0 aromatic rings. The van der Waals surface area contributed by atoms with Crippen molar-refractivity contribution in [1.82, 2.24) is 10.2 Å². The minimum atomic E-state index is -0.600. The maximum atomic E-state index is 12.5. The highest BCUT2D eigenvalue weighted by Gasteiger charge is 2.54. The maximum Gasteiger partial charge on any atom is 0.325 e. The number of urea groups is 1. The van der Waals surface area contributed by atoms with Gasteiger partial charge in [-0.3, -0.25) is 9.69 Å². The number of rotatable bonds is 0. The van der Waals surface area contributed by atoms with Gasteiger partial charge in [0.1, 0.15) is 5.54 Å². The highest BCUT2D eigenvalue weighted by atomic mass is 16.2. The summed E-state index contributed by atoms with van der Waals surface area (Å²) in [5.74, 6) is 0.635. The van der Waals surface area contributed by atoms with Crippen molar-refractivity contribution < 1.29 is 9.59 Å². The van der Waals surface area contributed by atoms with Gasteiger partial charge in [-0.25, -0.2) is 4.79 Å². The van der Waals surface area contributed by atoms with Crippen LogP contribution in [-0.4, -0.2) is 27.9 Å². The van der Waals surface area contributed by atoms with Gasteiger partial charge in [0.2, 0.25) is 0 Å². The molecule has 0 aromatic heterocycles. The average molecular weight is 238 g/mol. The quantitative estimate of drug-likeness (QED) is 0.658. The van der Waals surface area contributed by atoms with Crippen molar-refractivity contribution in [3.8, 4) is 0 Å². The molecule has 4 heteroatoms. The summed E-state index contributed by atoms with van der Waals surface area (Å²) in [6.45, 7) is 7.90. The number of hydrogen-bond acceptors (Lipinski definition) is 2. The summed E-state index contributed by atoms with van der Waals surface area (Å²) in [5, 5.41) is 2.93. The number of carbonyl (C=O) groups excluding carboxylic acids is 2. The molecule has 1 N–H and O–H groups in total. The van der Waals surface area contributed by atoms with Crippen LogP contribution in [0.4, 0.5) is 4.79 Å². The van der Waals surface area contributed by atoms with E-state index in [1.54, 1.807) is 0 Å². The van der Waals surface area contributed by atoms with Crippen LogP contribution in [0.5, 0.6) is 0 Å². The topological polar surface area (TPSA) is 49.4 Å². The van der Waals surface area contributed by atoms with Crippen molar-refractivity contribution in [2.24, 2.45) is 5.92 Å². The Bertz CT molecular complexity index is 349. The minimum Gasteiger partial charge on any atom is -0.323 e. The molecule has 1 spiro atoms. The van der Waals surface area contributed by atoms with Crippen LogP contribution < -0.4 is 5.32 Å². The van der Waals surface area contributed by atoms with Crippen LogP contribution in [0.3, 0.4) is 0 Å². The van der Waals surface area contributed by atoms with E-state index < -0.39 is 11.1 Å². The van der Waals surface area contributed by atoms with Crippen molar-refractivity contribution in [2.75, 3.05) is 0 Å². The first kappa shape index (κ1) is 12.4. The van der Waals surface area contributed by atoms with Crippen LogP contribution >= 0.6 is 0 Å². The second kappa shape index (κ2) is 3.72. The van der Waals surface area contributed by atoms with E-state index in [1.165, 1.54) is 4.90 Å². The van der Waals surface area contributed by atoms with Gasteiger partial charge in [0, 0.05) is 5.54 Å². The summed E-state index contributed by atoms with van der Waals surface area (Å²) < 4.78 is 0. The fraction of sp³-hybridized carbons (Fsp3) is 0.846. The van der Waals surface area contributed by atoms with E-state index in [-0.39, 0.29) is 11.9 Å². The van der Waals surface area contributed by atoms with Gasteiger partial charge in [-0.05, 0) is 52.4 Å². The van der Waals surface area contributed by atoms with E-state index in [0.717, 1.165) is 25.7 Å². The van der Waals surface area contributed by atoms with Gasteiger partial charge >= 0.3 is 6.03 Å². The van der Waals surface area contributed by atoms with E-state index in [1.807, 2.05) is 20.8 Å². The molecule has 0 unspecified atom stereocenters. The fourth-order valence-corrected chi connectivity index (χ4v) is 2.82. The second-order valence-electron chi connectivity index (χ2n) is 6.51. The van der Waals surface area contributed by atoms with Gasteiger partial charge in [0.05, 0.1) is 0 Å². The predicted molar refractivity (Wildman–Crippen MR) is 65.5 cm³/mol. The molecule has 2 aliphatic rings. The molecule has 1 aliphatic carbocycles. The fourth-order valence-electron chi connectivity index (χ4n) is 2.82. The Morgan fingerprint density at radius 2 is 1.76 bits per heavy atom. The monoisotopic (exact) mass is 238 g/mol. The molecule has 1 aliphatic heterocycles. The second-order valence-corrected chi connectivity index (χ2v) is 6.51. The molecule has 1 saturated carbocycles. The highest BCUT2D eigenvalue weighted by molar-refractivity contribution is 6.07. The molecule has 2 fully saturated rings. The van der Waals surface area contributed by atoms with Crippen LogP contribution in [-0.2, 0) is 4.79 Å². The molecular formula is C13H22N2O2. The van der Waals surface area contributed by atoms with Crippen LogP contribution in [0, 0.1) is 5.92 Å². The zero-order valence-electron chi connectivity index (χ0n) is 11.2. The SMILES string of the molecule is CC1CCC2(CC1)NC(=O)N(C(C)(C)C)C2=O. The number of amides is 3. The van der Waals surface area contributed by atoms with Gasteiger partial charge in [-0.2, -0.15) is 0 Å². The van der Waals surface area contributed by atoms with E-state index in [9.17, 15) is 9.59 Å². The van der Waals surface area contributed by atoms with Gasteiger partial charge in [0.25, 0.3) is 5.91 Å². The summed E-state index contributed by atoms with van der Waals surface area (Å²) in [7, 11) is 0. The van der Waals surface area contributed by atoms with Gasteiger partial charge < -0.3 is 5.32 Å². The zero-order chi connectivity index (χ0) is 12.8. The number of nitrogens with one attached hydrogen (secondary N) is 1. The zero-order valence-corrected chi connectivity index (χ0v) is 11.2. The molecular weight excluding hydrogens is 216 g/mol. The molecule has 1 heterocycles. The van der Waals surface area contributed by atoms with Crippen LogP contribution in [0.1, 0.15) is 53.4 Å². The smallest absolute Gasteiger partial charge is 0.323 e. The Hall–Kier alpha value is -1.06. The summed E-state index contributed by atoms with van der Waals surface area (Å²) in [6, 6.07) is -0.225. The number of nitrogens with zero attached hydrogens (tertiary/aromatic N) is 1. The van der Waals surface area contributed by atoms with Crippen LogP contribution in [0.2, 0.25) is 0 Å². The molecule has 96 valence electrons. The molecule has 0 radical (unpaired) electrons. The Morgan fingerprint density at radius 3 is 2.18 bits per heavy atom. The van der Waals surface area contributed by atoms with Gasteiger partial charge in [-0.15, -0.1) is 0 Å². The molecule has 0 bridgehead atoms. The lowest BCUT2D eigenvalue weighted by Gasteiger charge is -2.35. The minimum absolute atomic E-state index is 0.0260. The van der Waals surface area contributed by atoms with E-state index in [2.05, 4.69) is 12.2 Å². The highest BCUT2D eigenvalue weighted by Crippen LogP contribution is 2.38. The summed E-state index contributed by atoms with van der Waals surface area (Å²) in [4.78, 5) is 25.9. The molecule has 4 nitrogen and oxygen atoms in total. The third-order valence-electron chi connectivity index (χ3n) is 3.96. The largest absolute Gasteiger partial charge is 0.325 e. The Labute approximate surface area is 103 Å². The normalized spacial score (nSPS) is 34.4. The van der Waals surface area contributed by atoms with Crippen molar-refractivity contribution >= 4 is 11.9 Å². The van der Waals surface area contributed by atoms with E-state index in [0.29, 0.717) is 5.92 Å². The van der Waals surface area contributed by atoms with Crippen molar-refractivity contribution in [3.05, 3.63) is 0 Å². The summed E-state index contributed by atoms with van der Waals surface area (Å²) >= 11 is 0. The average Bonchev–Trinajstić information content (AvgIpc) is 2.43. The lowest BCUT2D eigenvalue weighted by Crippen LogP contribution is -2.51. The summed E-state index contributed by atoms with van der Waals surface area (Å²) in [5.41, 5.74) is -1.04. The Morgan fingerprint density at radius 1 is 1.24 bits per heavy atom. The van der Waals surface area contributed by atoms with E-state index in [4.69, 9.17) is 0 Å². The predicted octanol–water partition coefficient (Wildman–Crippen LogP) is 2.29. The lowest BCUT2D eigenvalue weighted by atomic mass is 9.77. The number of hydrogen-bond donors (Lipinski definition) is 1. The third kappa shape index (κ3) is 1.94. The number of imide groups is 1. The standard InChI is InChI=1S/C13H22N2O2/c1-9-5-7-13(8-6-9)10(16)15(11(17)14-13)12(2,3)4/h9H,5-8H2,1-4H3,(H,14,17). The first-order valence-corrected chi connectivity index (χ1v) is 6.43. The molecule has 1 saturated heterocycles. The lowest BCUT2D eigenvalue weighted by molar-refractivity contribution is -0.135. The molecule has 0 aromatic carbocycles. The Kier molecular flexibility index (Phi) is 2.71. The van der Waals surface area contributed by atoms with Crippen molar-refractivity contribution in [1.29, 1.82) is 0 Å².